The fourth-order valence-corrected chi connectivity index (χ4v) is 2.45. The number of nitro groups is 1. The molecule has 0 aliphatic carbocycles. The van der Waals surface area contributed by atoms with E-state index in [-0.39, 0.29) is 11.7 Å². The number of halogens is 1. The largest absolute Gasteiger partial charge is 0.390 e. The van der Waals surface area contributed by atoms with E-state index in [2.05, 4.69) is 31.4 Å². The number of nitrogens with one attached hydrogen (secondary N) is 1. The van der Waals surface area contributed by atoms with Gasteiger partial charge >= 0.3 is 5.82 Å². The Hall–Kier alpha value is -2.23. The van der Waals surface area contributed by atoms with E-state index in [0.717, 1.165) is 10.9 Å². The molecule has 0 saturated carbocycles. The minimum absolute atomic E-state index is 0.229. The lowest BCUT2D eigenvalue weighted by molar-refractivity contribution is -0.389. The van der Waals surface area contributed by atoms with Gasteiger partial charge < -0.3 is 15.4 Å². The summed E-state index contributed by atoms with van der Waals surface area (Å²) in [4.78, 5) is 22.3. The average molecular weight is 385 g/mol. The van der Waals surface area contributed by atoms with Crippen LogP contribution < -0.4 is 5.32 Å². The van der Waals surface area contributed by atoms with Crippen LogP contribution in [0.5, 0.6) is 0 Å². The predicted octanol–water partition coefficient (Wildman–Crippen LogP) is 1.83. The summed E-state index contributed by atoms with van der Waals surface area (Å²) in [6.45, 7) is 4.51. The van der Waals surface area contributed by atoms with Crippen LogP contribution in [0.1, 0.15) is 25.1 Å². The summed E-state index contributed by atoms with van der Waals surface area (Å²) in [7, 11) is 0. The van der Waals surface area contributed by atoms with Crippen LogP contribution in [-0.2, 0) is 11.3 Å². The zero-order chi connectivity index (χ0) is 17.0. The second kappa shape index (κ2) is 7.36. The summed E-state index contributed by atoms with van der Waals surface area (Å²) in [6, 6.07) is 0.738. The van der Waals surface area contributed by atoms with Gasteiger partial charge in [0.05, 0.1) is 27.5 Å². The van der Waals surface area contributed by atoms with E-state index in [1.807, 2.05) is 6.20 Å². The molecule has 0 fully saturated rings. The van der Waals surface area contributed by atoms with E-state index in [1.165, 1.54) is 10.7 Å². The highest BCUT2D eigenvalue weighted by Gasteiger charge is 2.24. The van der Waals surface area contributed by atoms with Crippen LogP contribution in [0.2, 0.25) is 0 Å². The molecule has 2 rings (SSSR count). The minimum Gasteiger partial charge on any atom is -0.358 e. The van der Waals surface area contributed by atoms with Crippen LogP contribution in [0.15, 0.2) is 22.9 Å². The molecule has 2 heterocycles. The number of hydrogen-bond donors (Lipinski definition) is 1. The SMILES string of the molecule is Cc1cc([N+](=O)[O-])nn1C(C)C(=O)NCCCn1cc(Br)cn1. The fraction of sp³-hybridized carbons (Fsp3) is 0.462. The van der Waals surface area contributed by atoms with E-state index < -0.39 is 11.0 Å². The van der Waals surface area contributed by atoms with Crippen molar-refractivity contribution >= 4 is 27.7 Å². The summed E-state index contributed by atoms with van der Waals surface area (Å²) in [5, 5.41) is 21.5. The molecule has 10 heteroatoms. The average Bonchev–Trinajstić information content (AvgIpc) is 3.08. The molecule has 0 aliphatic heterocycles. The van der Waals surface area contributed by atoms with E-state index in [0.29, 0.717) is 18.8 Å². The number of hydrogen-bond acceptors (Lipinski definition) is 5. The first kappa shape index (κ1) is 17.1. The van der Waals surface area contributed by atoms with Gasteiger partial charge in [-0.1, -0.05) is 0 Å². The Morgan fingerprint density at radius 1 is 1.57 bits per heavy atom. The molecule has 2 aromatic heterocycles. The summed E-state index contributed by atoms with van der Waals surface area (Å²) in [5.74, 6) is -0.487. The molecule has 1 unspecified atom stereocenters. The van der Waals surface area contributed by atoms with E-state index in [9.17, 15) is 14.9 Å². The normalized spacial score (nSPS) is 12.1. The Morgan fingerprint density at radius 2 is 2.30 bits per heavy atom. The zero-order valence-corrected chi connectivity index (χ0v) is 14.4. The Morgan fingerprint density at radius 3 is 2.87 bits per heavy atom. The number of aromatic nitrogens is 4. The van der Waals surface area contributed by atoms with Gasteiger partial charge in [0.1, 0.15) is 6.04 Å². The predicted molar refractivity (Wildman–Crippen MR) is 85.9 cm³/mol. The van der Waals surface area contributed by atoms with Crippen LogP contribution in [-0.4, -0.2) is 36.9 Å². The second-order valence-electron chi connectivity index (χ2n) is 5.09. The summed E-state index contributed by atoms with van der Waals surface area (Å²) >= 11 is 3.32. The third-order valence-corrected chi connectivity index (χ3v) is 3.72. The first-order valence-corrected chi connectivity index (χ1v) is 7.84. The molecular formula is C13H17BrN6O3. The van der Waals surface area contributed by atoms with Crippen molar-refractivity contribution < 1.29 is 9.72 Å². The highest BCUT2D eigenvalue weighted by molar-refractivity contribution is 9.10. The van der Waals surface area contributed by atoms with Gasteiger partial charge in [0.25, 0.3) is 0 Å². The Balaban J connectivity index is 1.84. The van der Waals surface area contributed by atoms with E-state index in [4.69, 9.17) is 0 Å². The third kappa shape index (κ3) is 4.38. The molecule has 0 aliphatic rings. The van der Waals surface area contributed by atoms with Crippen LogP contribution >= 0.6 is 15.9 Å². The van der Waals surface area contributed by atoms with Crippen molar-refractivity contribution in [3.05, 3.63) is 38.7 Å². The fourth-order valence-electron chi connectivity index (χ4n) is 2.12. The number of amides is 1. The topological polar surface area (TPSA) is 108 Å². The number of carbonyl (C=O) groups excluding carboxylic acids is 1. The van der Waals surface area contributed by atoms with Crippen molar-refractivity contribution in [2.24, 2.45) is 0 Å². The van der Waals surface area contributed by atoms with Crippen molar-refractivity contribution in [2.45, 2.75) is 32.9 Å². The van der Waals surface area contributed by atoms with Crippen molar-refractivity contribution in [1.29, 1.82) is 0 Å². The van der Waals surface area contributed by atoms with Gasteiger partial charge in [0, 0.05) is 19.3 Å². The molecule has 124 valence electrons. The van der Waals surface area contributed by atoms with Crippen LogP contribution in [0.3, 0.4) is 0 Å². The first-order valence-electron chi connectivity index (χ1n) is 7.04. The Kier molecular flexibility index (Phi) is 5.48. The van der Waals surface area contributed by atoms with Crippen molar-refractivity contribution in [1.82, 2.24) is 24.9 Å². The lowest BCUT2D eigenvalue weighted by atomic mass is 10.3. The second-order valence-corrected chi connectivity index (χ2v) is 6.00. The molecule has 0 radical (unpaired) electrons. The zero-order valence-electron chi connectivity index (χ0n) is 12.8. The standard InChI is InChI=1S/C13H17BrN6O3/c1-9-6-12(20(22)23)17-19(9)10(2)13(21)15-4-3-5-18-8-11(14)7-16-18/h6-8,10H,3-5H2,1-2H3,(H,15,21). The number of aryl methyl sites for hydroxylation is 2. The number of carbonyl (C=O) groups is 1. The molecule has 9 nitrogen and oxygen atoms in total. The Labute approximate surface area is 140 Å². The molecule has 1 N–H and O–H groups in total. The quantitative estimate of drug-likeness (QED) is 0.444. The van der Waals surface area contributed by atoms with Gasteiger partial charge in [0.2, 0.25) is 5.91 Å². The Bertz CT molecular complexity index is 710. The minimum atomic E-state index is -0.609. The lowest BCUT2D eigenvalue weighted by Gasteiger charge is -2.11. The van der Waals surface area contributed by atoms with Gasteiger partial charge in [-0.2, -0.15) is 9.78 Å². The third-order valence-electron chi connectivity index (χ3n) is 3.31. The molecule has 2 aromatic rings. The van der Waals surface area contributed by atoms with Gasteiger partial charge in [-0.05, 0) is 41.1 Å². The van der Waals surface area contributed by atoms with Crippen LogP contribution in [0.25, 0.3) is 0 Å². The van der Waals surface area contributed by atoms with Gasteiger partial charge in [0.15, 0.2) is 0 Å². The maximum atomic E-state index is 12.1. The summed E-state index contributed by atoms with van der Waals surface area (Å²) in [6.07, 6.45) is 4.29. The summed E-state index contributed by atoms with van der Waals surface area (Å²) < 4.78 is 4.05. The van der Waals surface area contributed by atoms with Crippen molar-refractivity contribution in [3.8, 4) is 0 Å². The molecule has 0 aromatic carbocycles. The maximum absolute atomic E-state index is 12.1. The lowest BCUT2D eigenvalue weighted by Crippen LogP contribution is -2.33. The molecular weight excluding hydrogens is 368 g/mol. The smallest absolute Gasteiger partial charge is 0.358 e. The van der Waals surface area contributed by atoms with Crippen molar-refractivity contribution in [2.75, 3.05) is 6.54 Å². The first-order chi connectivity index (χ1) is 10.9. The van der Waals surface area contributed by atoms with Crippen LogP contribution in [0.4, 0.5) is 5.82 Å². The molecule has 1 amide bonds. The summed E-state index contributed by atoms with van der Waals surface area (Å²) in [5.41, 5.74) is 0.570. The number of rotatable bonds is 7. The van der Waals surface area contributed by atoms with Gasteiger partial charge in [-0.3, -0.25) is 9.48 Å². The molecule has 0 bridgehead atoms. The molecule has 23 heavy (non-hydrogen) atoms. The molecule has 0 spiro atoms. The van der Waals surface area contributed by atoms with E-state index >= 15 is 0 Å². The highest BCUT2D eigenvalue weighted by atomic mass is 79.9. The van der Waals surface area contributed by atoms with Crippen molar-refractivity contribution in [3.63, 3.8) is 0 Å². The molecule has 1 atom stereocenters. The van der Waals surface area contributed by atoms with Crippen LogP contribution in [0, 0.1) is 17.0 Å². The van der Waals surface area contributed by atoms with Gasteiger partial charge in [-0.15, -0.1) is 0 Å². The highest BCUT2D eigenvalue weighted by Crippen LogP contribution is 2.16. The molecule has 0 saturated heterocycles. The number of nitrogens with zero attached hydrogens (tertiary/aromatic N) is 5. The maximum Gasteiger partial charge on any atom is 0.390 e. The van der Waals surface area contributed by atoms with E-state index in [1.54, 1.807) is 24.7 Å². The van der Waals surface area contributed by atoms with Gasteiger partial charge in [-0.25, -0.2) is 0 Å². The monoisotopic (exact) mass is 384 g/mol.